The Bertz CT molecular complexity index is 413. The summed E-state index contributed by atoms with van der Waals surface area (Å²) in [4.78, 5) is 0. The quantitative estimate of drug-likeness (QED) is 0.594. The molecule has 0 aliphatic rings. The Labute approximate surface area is 76.8 Å². The molecule has 2 aromatic rings. The highest BCUT2D eigenvalue weighted by molar-refractivity contribution is 7.79. The lowest BCUT2D eigenvalue weighted by molar-refractivity contribution is 1.73. The Morgan fingerprint density at radius 1 is 0.917 bits per heavy atom. The first-order valence-corrected chi connectivity index (χ1v) is 4.18. The third-order valence-electron chi connectivity index (χ3n) is 1.90. The molecular weight excluding hydrogens is 164 g/mol. The number of fused-ring (bicyclic) bond motifs is 1. The average molecular weight is 171 g/mol. The largest absolute Gasteiger partial charge is 0.0778 e. The van der Waals surface area contributed by atoms with E-state index in [1.54, 1.807) is 0 Å². The maximum absolute atomic E-state index is 4.80. The van der Waals surface area contributed by atoms with Crippen molar-refractivity contribution in [2.24, 2.45) is 0 Å². The maximum Gasteiger partial charge on any atom is 0.0642 e. The summed E-state index contributed by atoms with van der Waals surface area (Å²) in [5.74, 6) is 0. The smallest absolute Gasteiger partial charge is 0.0642 e. The molecule has 0 atom stereocenters. The third kappa shape index (κ3) is 1.12. The van der Waals surface area contributed by atoms with Gasteiger partial charge >= 0.3 is 0 Å². The van der Waals surface area contributed by atoms with Gasteiger partial charge in [-0.15, -0.1) is 0 Å². The second kappa shape index (κ2) is 3.03. The number of thiocarbonyl (C=S) groups is 1. The Hall–Kier alpha value is -1.21. The van der Waals surface area contributed by atoms with E-state index >= 15 is 0 Å². The summed E-state index contributed by atoms with van der Waals surface area (Å²) in [5.41, 5.74) is 1.00. The Kier molecular flexibility index (Phi) is 1.88. The zero-order valence-electron chi connectivity index (χ0n) is 6.45. The van der Waals surface area contributed by atoms with Gasteiger partial charge in [-0.25, -0.2) is 0 Å². The third-order valence-corrected chi connectivity index (χ3v) is 2.12. The topological polar surface area (TPSA) is 0 Å². The van der Waals surface area contributed by atoms with Crippen molar-refractivity contribution in [3.05, 3.63) is 48.0 Å². The molecule has 0 saturated carbocycles. The summed E-state index contributed by atoms with van der Waals surface area (Å²) in [7, 11) is 0. The molecule has 2 aromatic carbocycles. The molecule has 0 fully saturated rings. The van der Waals surface area contributed by atoms with Gasteiger partial charge in [0.05, 0.1) is 5.37 Å². The van der Waals surface area contributed by atoms with Crippen LogP contribution in [0.4, 0.5) is 0 Å². The molecule has 0 aliphatic carbocycles. The fourth-order valence-corrected chi connectivity index (χ4v) is 1.49. The first kappa shape index (κ1) is 7.44. The van der Waals surface area contributed by atoms with Crippen molar-refractivity contribution in [3.63, 3.8) is 0 Å². The highest BCUT2D eigenvalue weighted by atomic mass is 32.1. The first-order valence-electron chi connectivity index (χ1n) is 3.78. The van der Waals surface area contributed by atoms with E-state index in [1.165, 1.54) is 10.8 Å². The van der Waals surface area contributed by atoms with Gasteiger partial charge in [0, 0.05) is 5.56 Å². The summed E-state index contributed by atoms with van der Waals surface area (Å²) < 4.78 is 0. The second-order valence-corrected chi connectivity index (χ2v) is 2.83. The summed E-state index contributed by atoms with van der Waals surface area (Å²) in [6, 6.07) is 14.2. The fraction of sp³-hybridized carbons (Fsp3) is 0. The molecule has 0 N–H and O–H groups in total. The standard InChI is InChI=1S/C11H7S/c12-8-10-6-3-5-9-4-1-2-7-11(9)10/h1-7H. The first-order chi connectivity index (χ1) is 5.92. The molecular formula is C11H7S. The van der Waals surface area contributed by atoms with Crippen LogP contribution in [0.2, 0.25) is 0 Å². The van der Waals surface area contributed by atoms with Crippen LogP contribution in [-0.4, -0.2) is 5.37 Å². The molecule has 57 valence electrons. The van der Waals surface area contributed by atoms with E-state index in [9.17, 15) is 0 Å². The van der Waals surface area contributed by atoms with Crippen molar-refractivity contribution in [1.82, 2.24) is 0 Å². The molecule has 0 amide bonds. The van der Waals surface area contributed by atoms with E-state index in [4.69, 9.17) is 12.2 Å². The monoisotopic (exact) mass is 171 g/mol. The van der Waals surface area contributed by atoms with Gasteiger partial charge in [-0.05, 0) is 10.8 Å². The molecule has 0 unspecified atom stereocenters. The summed E-state index contributed by atoms with van der Waals surface area (Å²) in [5, 5.41) is 5.14. The van der Waals surface area contributed by atoms with Gasteiger partial charge in [0.25, 0.3) is 0 Å². The molecule has 0 spiro atoms. The van der Waals surface area contributed by atoms with Gasteiger partial charge in [-0.1, -0.05) is 54.7 Å². The van der Waals surface area contributed by atoms with Crippen molar-refractivity contribution in [1.29, 1.82) is 0 Å². The van der Waals surface area contributed by atoms with Gasteiger partial charge < -0.3 is 0 Å². The molecule has 0 heterocycles. The van der Waals surface area contributed by atoms with Crippen molar-refractivity contribution in [2.45, 2.75) is 0 Å². The molecule has 0 aliphatic heterocycles. The van der Waals surface area contributed by atoms with E-state index in [0.717, 1.165) is 5.56 Å². The highest BCUT2D eigenvalue weighted by Crippen LogP contribution is 2.16. The summed E-state index contributed by atoms with van der Waals surface area (Å²) >= 11 is 4.80. The molecule has 2 rings (SSSR count). The minimum absolute atomic E-state index is 1.00. The normalized spacial score (nSPS) is 10.0. The van der Waals surface area contributed by atoms with E-state index in [1.807, 2.05) is 24.3 Å². The SMILES string of the molecule is S=[C]c1cccc2ccccc12. The van der Waals surface area contributed by atoms with Gasteiger partial charge in [-0.2, -0.15) is 0 Å². The molecule has 12 heavy (non-hydrogen) atoms. The van der Waals surface area contributed by atoms with E-state index in [0.29, 0.717) is 0 Å². The lowest BCUT2D eigenvalue weighted by Crippen LogP contribution is -1.80. The van der Waals surface area contributed by atoms with Crippen molar-refractivity contribution >= 4 is 28.4 Å². The number of rotatable bonds is 1. The molecule has 1 heteroatoms. The number of benzene rings is 2. The molecule has 0 nitrogen and oxygen atoms in total. The molecule has 0 aromatic heterocycles. The predicted molar refractivity (Wildman–Crippen MR) is 55.6 cm³/mol. The average Bonchev–Trinajstić information content (AvgIpc) is 2.17. The number of hydrogen-bond acceptors (Lipinski definition) is 1. The minimum atomic E-state index is 1.00. The van der Waals surface area contributed by atoms with Crippen LogP contribution in [0.1, 0.15) is 5.56 Å². The van der Waals surface area contributed by atoms with Crippen molar-refractivity contribution in [3.8, 4) is 0 Å². The minimum Gasteiger partial charge on any atom is -0.0778 e. The van der Waals surface area contributed by atoms with E-state index in [2.05, 4.69) is 23.6 Å². The Morgan fingerprint density at radius 2 is 1.67 bits per heavy atom. The van der Waals surface area contributed by atoms with Gasteiger partial charge in [0.2, 0.25) is 0 Å². The maximum atomic E-state index is 4.80. The van der Waals surface area contributed by atoms with Gasteiger partial charge in [-0.3, -0.25) is 0 Å². The van der Waals surface area contributed by atoms with E-state index < -0.39 is 0 Å². The Morgan fingerprint density at radius 3 is 2.50 bits per heavy atom. The zero-order valence-corrected chi connectivity index (χ0v) is 7.27. The van der Waals surface area contributed by atoms with E-state index in [-0.39, 0.29) is 0 Å². The zero-order chi connectivity index (χ0) is 8.39. The second-order valence-electron chi connectivity index (χ2n) is 2.63. The van der Waals surface area contributed by atoms with Crippen LogP contribution < -0.4 is 0 Å². The molecule has 0 bridgehead atoms. The highest BCUT2D eigenvalue weighted by Gasteiger charge is 1.95. The van der Waals surface area contributed by atoms with Crippen LogP contribution in [0.5, 0.6) is 0 Å². The lowest BCUT2D eigenvalue weighted by Gasteiger charge is -1.98. The van der Waals surface area contributed by atoms with Crippen LogP contribution in [0, 0.1) is 0 Å². The Balaban J connectivity index is 2.88. The van der Waals surface area contributed by atoms with Gasteiger partial charge in [0.1, 0.15) is 0 Å². The summed E-state index contributed by atoms with van der Waals surface area (Å²) in [6.07, 6.45) is 0. The lowest BCUT2D eigenvalue weighted by atomic mass is 10.1. The van der Waals surface area contributed by atoms with Gasteiger partial charge in [0.15, 0.2) is 0 Å². The van der Waals surface area contributed by atoms with Crippen LogP contribution in [-0.2, 0) is 0 Å². The van der Waals surface area contributed by atoms with Crippen LogP contribution in [0.15, 0.2) is 42.5 Å². The van der Waals surface area contributed by atoms with Crippen molar-refractivity contribution < 1.29 is 0 Å². The van der Waals surface area contributed by atoms with Crippen molar-refractivity contribution in [2.75, 3.05) is 0 Å². The molecule has 0 saturated heterocycles. The molecule has 1 radical (unpaired) electrons. The van der Waals surface area contributed by atoms with Crippen LogP contribution >= 0.6 is 12.2 Å². The van der Waals surface area contributed by atoms with Crippen LogP contribution in [0.25, 0.3) is 10.8 Å². The predicted octanol–water partition coefficient (Wildman–Crippen LogP) is 3.06. The fourth-order valence-electron chi connectivity index (χ4n) is 1.31. The summed E-state index contributed by atoms with van der Waals surface area (Å²) in [6.45, 7) is 0. The van der Waals surface area contributed by atoms with Crippen LogP contribution in [0.3, 0.4) is 0 Å². The number of hydrogen-bond donors (Lipinski definition) is 0.